The maximum absolute atomic E-state index is 5.44. The second-order valence-electron chi connectivity index (χ2n) is 4.90. The number of ether oxygens (including phenoxy) is 4. The van der Waals surface area contributed by atoms with E-state index in [0.29, 0.717) is 41.1 Å². The van der Waals surface area contributed by atoms with Crippen molar-refractivity contribution in [1.29, 1.82) is 0 Å². The molecule has 1 aromatic heterocycles. The molecule has 22 heavy (non-hydrogen) atoms. The van der Waals surface area contributed by atoms with E-state index in [4.69, 9.17) is 23.5 Å². The summed E-state index contributed by atoms with van der Waals surface area (Å²) in [7, 11) is 4.68. The van der Waals surface area contributed by atoms with Crippen molar-refractivity contribution in [1.82, 2.24) is 10.1 Å². The summed E-state index contributed by atoms with van der Waals surface area (Å²) in [6.07, 6.45) is 0.905. The van der Waals surface area contributed by atoms with E-state index in [1.807, 2.05) is 6.07 Å². The summed E-state index contributed by atoms with van der Waals surface area (Å²) in [5, 5.41) is 4.05. The number of hydrogen-bond acceptors (Lipinski definition) is 7. The highest BCUT2D eigenvalue weighted by Crippen LogP contribution is 2.43. The first-order valence-corrected chi connectivity index (χ1v) is 6.99. The van der Waals surface area contributed by atoms with Gasteiger partial charge in [-0.2, -0.15) is 4.98 Å². The number of rotatable bonds is 5. The van der Waals surface area contributed by atoms with Crippen LogP contribution in [-0.4, -0.2) is 44.7 Å². The fraction of sp³-hybridized carbons (Fsp3) is 0.467. The van der Waals surface area contributed by atoms with Crippen LogP contribution in [0.15, 0.2) is 16.7 Å². The number of hydrogen-bond donors (Lipinski definition) is 0. The van der Waals surface area contributed by atoms with E-state index in [1.165, 1.54) is 0 Å². The molecule has 7 heteroatoms. The normalized spacial score (nSPS) is 17.5. The Morgan fingerprint density at radius 1 is 1.09 bits per heavy atom. The molecule has 2 aromatic rings. The van der Waals surface area contributed by atoms with E-state index in [0.717, 1.165) is 13.0 Å². The van der Waals surface area contributed by atoms with Crippen molar-refractivity contribution in [3.8, 4) is 28.7 Å². The van der Waals surface area contributed by atoms with Crippen molar-refractivity contribution in [2.45, 2.75) is 12.3 Å². The molecule has 0 N–H and O–H groups in total. The van der Waals surface area contributed by atoms with Crippen LogP contribution in [0, 0.1) is 0 Å². The number of methoxy groups -OCH3 is 3. The van der Waals surface area contributed by atoms with Gasteiger partial charge in [0.15, 0.2) is 17.3 Å². The molecule has 118 valence electrons. The first-order valence-electron chi connectivity index (χ1n) is 6.99. The number of aromatic nitrogens is 2. The van der Waals surface area contributed by atoms with Gasteiger partial charge in [-0.25, -0.2) is 0 Å². The fourth-order valence-corrected chi connectivity index (χ4v) is 2.52. The molecule has 1 aliphatic rings. The molecule has 0 saturated carbocycles. The highest BCUT2D eigenvalue weighted by atomic mass is 16.5. The van der Waals surface area contributed by atoms with Gasteiger partial charge in [-0.05, 0) is 18.6 Å². The van der Waals surface area contributed by atoms with Crippen LogP contribution < -0.4 is 14.2 Å². The molecule has 1 saturated heterocycles. The van der Waals surface area contributed by atoms with E-state index in [-0.39, 0.29) is 5.92 Å². The molecule has 1 unspecified atom stereocenters. The number of benzene rings is 1. The second-order valence-corrected chi connectivity index (χ2v) is 4.90. The van der Waals surface area contributed by atoms with Gasteiger partial charge in [-0.3, -0.25) is 0 Å². The summed E-state index contributed by atoms with van der Waals surface area (Å²) >= 11 is 0. The Balaban J connectivity index is 2.00. The van der Waals surface area contributed by atoms with Crippen molar-refractivity contribution in [3.05, 3.63) is 18.0 Å². The minimum atomic E-state index is 0.184. The zero-order valence-electron chi connectivity index (χ0n) is 12.8. The van der Waals surface area contributed by atoms with Crippen LogP contribution in [0.25, 0.3) is 11.5 Å². The summed E-state index contributed by atoms with van der Waals surface area (Å²) in [6, 6.07) is 3.59. The zero-order chi connectivity index (χ0) is 15.5. The van der Waals surface area contributed by atoms with Gasteiger partial charge in [-0.1, -0.05) is 5.16 Å². The van der Waals surface area contributed by atoms with Gasteiger partial charge in [0.2, 0.25) is 5.75 Å². The molecule has 0 bridgehead atoms. The van der Waals surface area contributed by atoms with E-state index < -0.39 is 0 Å². The smallest absolute Gasteiger partial charge is 0.261 e. The summed E-state index contributed by atoms with van der Waals surface area (Å²) in [5.41, 5.74) is 0.665. The van der Waals surface area contributed by atoms with Crippen molar-refractivity contribution < 1.29 is 23.5 Å². The SMILES string of the molecule is COc1ccc(-c2nc(C3CCOC3)no2)c(OC)c1OC. The summed E-state index contributed by atoms with van der Waals surface area (Å²) in [6.45, 7) is 1.36. The lowest BCUT2D eigenvalue weighted by atomic mass is 10.1. The van der Waals surface area contributed by atoms with Gasteiger partial charge in [-0.15, -0.1) is 0 Å². The molecule has 2 heterocycles. The van der Waals surface area contributed by atoms with E-state index in [9.17, 15) is 0 Å². The van der Waals surface area contributed by atoms with Crippen molar-refractivity contribution in [2.24, 2.45) is 0 Å². The first kappa shape index (κ1) is 14.6. The monoisotopic (exact) mass is 306 g/mol. The minimum Gasteiger partial charge on any atom is -0.493 e. The predicted molar refractivity (Wildman–Crippen MR) is 77.6 cm³/mol. The van der Waals surface area contributed by atoms with E-state index >= 15 is 0 Å². The van der Waals surface area contributed by atoms with Crippen molar-refractivity contribution >= 4 is 0 Å². The zero-order valence-corrected chi connectivity index (χ0v) is 12.8. The average Bonchev–Trinajstić information content (AvgIpc) is 3.23. The van der Waals surface area contributed by atoms with Gasteiger partial charge >= 0.3 is 0 Å². The van der Waals surface area contributed by atoms with Crippen LogP contribution >= 0.6 is 0 Å². The number of nitrogens with zero attached hydrogens (tertiary/aromatic N) is 2. The molecule has 1 atom stereocenters. The van der Waals surface area contributed by atoms with Crippen LogP contribution in [0.3, 0.4) is 0 Å². The lowest BCUT2D eigenvalue weighted by Gasteiger charge is -2.13. The molecule has 1 aromatic carbocycles. The standard InChI is InChI=1S/C15H18N2O5/c1-18-11-5-4-10(12(19-2)13(11)20-3)15-16-14(17-22-15)9-6-7-21-8-9/h4-5,9H,6-8H2,1-3H3. The molecule has 0 aliphatic carbocycles. The van der Waals surface area contributed by atoms with Gasteiger partial charge in [0.1, 0.15) is 0 Å². The largest absolute Gasteiger partial charge is 0.493 e. The third-order valence-electron chi connectivity index (χ3n) is 3.67. The summed E-state index contributed by atoms with van der Waals surface area (Å²) in [4.78, 5) is 4.47. The molecular weight excluding hydrogens is 288 g/mol. The molecule has 1 aliphatic heterocycles. The van der Waals surface area contributed by atoms with Crippen molar-refractivity contribution in [3.63, 3.8) is 0 Å². The molecule has 0 radical (unpaired) electrons. The third-order valence-corrected chi connectivity index (χ3v) is 3.67. The second kappa shape index (κ2) is 6.23. The minimum absolute atomic E-state index is 0.184. The quantitative estimate of drug-likeness (QED) is 0.838. The highest BCUT2D eigenvalue weighted by molar-refractivity contribution is 5.71. The molecular formula is C15H18N2O5. The first-order chi connectivity index (χ1) is 10.8. The van der Waals surface area contributed by atoms with E-state index in [2.05, 4.69) is 10.1 Å². The Morgan fingerprint density at radius 3 is 2.55 bits per heavy atom. The van der Waals surface area contributed by atoms with E-state index in [1.54, 1.807) is 27.4 Å². The van der Waals surface area contributed by atoms with Crippen LogP contribution in [0.1, 0.15) is 18.2 Å². The van der Waals surface area contributed by atoms with Gasteiger partial charge in [0.25, 0.3) is 5.89 Å². The Morgan fingerprint density at radius 2 is 1.91 bits per heavy atom. The Bertz CT molecular complexity index is 649. The molecule has 1 fully saturated rings. The van der Waals surface area contributed by atoms with Gasteiger partial charge in [0.05, 0.1) is 33.5 Å². The summed E-state index contributed by atoms with van der Waals surface area (Å²) in [5.74, 6) is 2.80. The van der Waals surface area contributed by atoms with Gasteiger partial charge < -0.3 is 23.5 Å². The van der Waals surface area contributed by atoms with Crippen LogP contribution in [0.5, 0.6) is 17.2 Å². The fourth-order valence-electron chi connectivity index (χ4n) is 2.52. The van der Waals surface area contributed by atoms with Crippen LogP contribution in [-0.2, 0) is 4.74 Å². The molecule has 0 amide bonds. The third kappa shape index (κ3) is 2.48. The topological polar surface area (TPSA) is 75.8 Å². The lowest BCUT2D eigenvalue weighted by molar-refractivity contribution is 0.192. The average molecular weight is 306 g/mol. The maximum Gasteiger partial charge on any atom is 0.261 e. The summed E-state index contributed by atoms with van der Waals surface area (Å²) < 4.78 is 26.8. The molecule has 7 nitrogen and oxygen atoms in total. The Labute approximate surface area is 128 Å². The molecule has 0 spiro atoms. The lowest BCUT2D eigenvalue weighted by Crippen LogP contribution is -2.00. The Hall–Kier alpha value is -2.28. The van der Waals surface area contributed by atoms with Crippen molar-refractivity contribution in [2.75, 3.05) is 34.5 Å². The predicted octanol–water partition coefficient (Wildman–Crippen LogP) is 2.27. The highest BCUT2D eigenvalue weighted by Gasteiger charge is 2.26. The van der Waals surface area contributed by atoms with Crippen LogP contribution in [0.4, 0.5) is 0 Å². The molecule has 3 rings (SSSR count). The van der Waals surface area contributed by atoms with Crippen LogP contribution in [0.2, 0.25) is 0 Å². The maximum atomic E-state index is 5.44. The Kier molecular flexibility index (Phi) is 4.15. The van der Waals surface area contributed by atoms with Gasteiger partial charge in [0, 0.05) is 12.5 Å².